The van der Waals surface area contributed by atoms with Crippen LogP contribution in [0.15, 0.2) is 64.6 Å². The van der Waals surface area contributed by atoms with Crippen LogP contribution in [0.3, 0.4) is 0 Å². The fraction of sp³-hybridized carbons (Fsp3) is 0.222. The number of fused-ring (bicyclic) bond motifs is 9. The van der Waals surface area contributed by atoms with E-state index >= 15 is 4.39 Å². The van der Waals surface area contributed by atoms with Gasteiger partial charge in [-0.15, -0.1) is 0 Å². The second-order valence-electron chi connectivity index (χ2n) is 9.65. The van der Waals surface area contributed by atoms with Crippen LogP contribution in [0.2, 0.25) is 0 Å². The van der Waals surface area contributed by atoms with Crippen molar-refractivity contribution in [3.8, 4) is 16.9 Å². The Balaban J connectivity index is 1.55. The molecular weight excluding hydrogens is 514 g/mol. The molecule has 2 unspecified atom stereocenters. The molecule has 0 spiro atoms. The molecule has 0 saturated heterocycles. The summed E-state index contributed by atoms with van der Waals surface area (Å²) in [6.07, 6.45) is 1.58. The lowest BCUT2D eigenvalue weighted by atomic mass is 9.96. The Labute approximate surface area is 216 Å². The Morgan fingerprint density at radius 1 is 1.16 bits per heavy atom. The highest BCUT2D eigenvalue weighted by atomic mass is 31.2. The van der Waals surface area contributed by atoms with Crippen LogP contribution in [0.25, 0.3) is 22.2 Å². The molecule has 6 rings (SSSR count). The van der Waals surface area contributed by atoms with Gasteiger partial charge in [-0.3, -0.25) is 4.99 Å². The number of hydrogen-bond acceptors (Lipinski definition) is 5. The van der Waals surface area contributed by atoms with E-state index in [-0.39, 0.29) is 11.8 Å². The number of halogens is 3. The molecule has 194 valence electrons. The van der Waals surface area contributed by atoms with E-state index < -0.39 is 25.6 Å². The number of amidine groups is 1. The van der Waals surface area contributed by atoms with Gasteiger partial charge >= 0.3 is 6.61 Å². The van der Waals surface area contributed by atoms with E-state index in [9.17, 15) is 13.3 Å². The Kier molecular flexibility index (Phi) is 5.68. The summed E-state index contributed by atoms with van der Waals surface area (Å²) >= 11 is 0. The summed E-state index contributed by atoms with van der Waals surface area (Å²) in [4.78, 5) is 13.8. The van der Waals surface area contributed by atoms with Crippen LogP contribution in [0.4, 0.5) is 13.2 Å². The molecule has 2 aliphatic heterocycles. The molecule has 1 aromatic heterocycles. The number of nitrogens with two attached hydrogens (primary N) is 1. The van der Waals surface area contributed by atoms with Gasteiger partial charge in [-0.25, -0.2) is 14.4 Å². The van der Waals surface area contributed by atoms with E-state index in [1.807, 2.05) is 10.6 Å². The van der Waals surface area contributed by atoms with Crippen LogP contribution in [0.5, 0.6) is 5.75 Å². The first kappa shape index (κ1) is 24.4. The molecule has 3 heterocycles. The first-order valence-corrected chi connectivity index (χ1v) is 14.5. The van der Waals surface area contributed by atoms with Crippen molar-refractivity contribution in [3.05, 3.63) is 77.4 Å². The largest absolute Gasteiger partial charge is 0.434 e. The van der Waals surface area contributed by atoms with E-state index in [2.05, 4.69) is 4.99 Å². The topological polar surface area (TPSA) is 94.9 Å². The number of benzene rings is 3. The van der Waals surface area contributed by atoms with Gasteiger partial charge in [0.25, 0.3) is 0 Å². The summed E-state index contributed by atoms with van der Waals surface area (Å²) in [5, 5.41) is 0.465. The predicted molar refractivity (Wildman–Crippen MR) is 142 cm³/mol. The Morgan fingerprint density at radius 2 is 1.97 bits per heavy atom. The Bertz CT molecular complexity index is 1710. The molecule has 2 aliphatic rings. The summed E-state index contributed by atoms with van der Waals surface area (Å²) in [5.41, 5.74) is 8.97. The van der Waals surface area contributed by atoms with Gasteiger partial charge < -0.3 is 19.6 Å². The zero-order chi connectivity index (χ0) is 26.8. The normalized spacial score (nSPS) is 18.5. The molecule has 7 nitrogen and oxygen atoms in total. The maximum Gasteiger partial charge on any atom is 0.387 e. The molecule has 2 bridgehead atoms. The van der Waals surface area contributed by atoms with Crippen molar-refractivity contribution in [1.82, 2.24) is 9.55 Å². The number of imidazole rings is 1. The van der Waals surface area contributed by atoms with Crippen molar-refractivity contribution in [1.29, 1.82) is 0 Å². The summed E-state index contributed by atoms with van der Waals surface area (Å²) in [5.74, 6) is 0.520. The third-order valence-corrected chi connectivity index (χ3v) is 8.51. The van der Waals surface area contributed by atoms with Gasteiger partial charge in [0, 0.05) is 28.4 Å². The standard InChI is InChI=1S/C27H23F3N5O2P/c1-38(2,36)15-7-8-16(18(28)11-15)14-6-9-19-21(10-14)35-22-12-20(26(35)34-19)33-25(32-13-31)17-4-3-5-23(24(17)22)37-27(29)30/h3-11,13,20,22,27H,12H2,1-2H3,(H2,31,32,33). The van der Waals surface area contributed by atoms with E-state index in [0.29, 0.717) is 56.7 Å². The second-order valence-corrected chi connectivity index (χ2v) is 12.9. The highest BCUT2D eigenvalue weighted by molar-refractivity contribution is 7.70. The van der Waals surface area contributed by atoms with E-state index in [4.69, 9.17) is 20.4 Å². The molecule has 0 radical (unpaired) electrons. The summed E-state index contributed by atoms with van der Waals surface area (Å²) in [7, 11) is -2.62. The Hall–Kier alpha value is -3.91. The molecule has 2 N–H and O–H groups in total. The van der Waals surface area contributed by atoms with Gasteiger partial charge in [-0.2, -0.15) is 8.78 Å². The number of aromatic nitrogens is 2. The SMILES string of the molecule is CP(C)(=O)c1ccc(-c2ccc3nc4n(c3c2)C2CC4N=C(N=CN)c3cccc(OC(F)F)c32)c(F)c1. The van der Waals surface area contributed by atoms with Crippen LogP contribution in [0, 0.1) is 5.82 Å². The van der Waals surface area contributed by atoms with Crippen molar-refractivity contribution >= 4 is 35.7 Å². The second kappa shape index (κ2) is 8.84. The first-order chi connectivity index (χ1) is 18.2. The zero-order valence-electron chi connectivity index (χ0n) is 20.5. The fourth-order valence-corrected chi connectivity index (χ4v) is 6.22. The molecule has 2 atom stereocenters. The summed E-state index contributed by atoms with van der Waals surface area (Å²) in [6.45, 7) is 0.180. The van der Waals surface area contributed by atoms with Gasteiger partial charge in [0.15, 0.2) is 5.84 Å². The van der Waals surface area contributed by atoms with Gasteiger partial charge in [0.1, 0.15) is 30.6 Å². The van der Waals surface area contributed by atoms with Crippen molar-refractivity contribution < 1.29 is 22.5 Å². The summed E-state index contributed by atoms with van der Waals surface area (Å²) in [6, 6.07) is 14.1. The van der Waals surface area contributed by atoms with Crippen LogP contribution in [-0.4, -0.2) is 41.7 Å². The van der Waals surface area contributed by atoms with Crippen LogP contribution in [0.1, 0.15) is 35.5 Å². The quantitative estimate of drug-likeness (QED) is 0.212. The molecule has 0 saturated carbocycles. The van der Waals surface area contributed by atoms with Crippen molar-refractivity contribution in [2.45, 2.75) is 25.1 Å². The minimum Gasteiger partial charge on any atom is -0.434 e. The molecule has 3 aromatic carbocycles. The highest BCUT2D eigenvalue weighted by Gasteiger charge is 2.41. The molecule has 0 aliphatic carbocycles. The average molecular weight is 537 g/mol. The average Bonchev–Trinajstić information content (AvgIpc) is 3.34. The lowest BCUT2D eigenvalue weighted by Crippen LogP contribution is -2.15. The molecule has 4 aromatic rings. The van der Waals surface area contributed by atoms with Crippen molar-refractivity contribution in [2.24, 2.45) is 15.7 Å². The van der Waals surface area contributed by atoms with E-state index in [0.717, 1.165) is 6.34 Å². The third kappa shape index (κ3) is 3.91. The minimum atomic E-state index is -3.02. The van der Waals surface area contributed by atoms with E-state index in [1.165, 1.54) is 12.1 Å². The highest BCUT2D eigenvalue weighted by Crippen LogP contribution is 2.49. The van der Waals surface area contributed by atoms with Crippen LogP contribution in [-0.2, 0) is 4.57 Å². The first-order valence-electron chi connectivity index (χ1n) is 11.9. The lowest BCUT2D eigenvalue weighted by molar-refractivity contribution is -0.0506. The van der Waals surface area contributed by atoms with Gasteiger partial charge in [-0.05, 0) is 43.2 Å². The number of ether oxygens (including phenoxy) is 1. The number of hydrogen-bond donors (Lipinski definition) is 1. The molecular formula is C27H23F3N5O2P. The predicted octanol–water partition coefficient (Wildman–Crippen LogP) is 5.47. The minimum absolute atomic E-state index is 0.0270. The molecule has 0 fully saturated rings. The molecule has 0 amide bonds. The molecule has 11 heteroatoms. The van der Waals surface area contributed by atoms with Crippen LogP contribution >= 0.6 is 7.14 Å². The maximum atomic E-state index is 15.1. The van der Waals surface area contributed by atoms with Gasteiger partial charge in [0.2, 0.25) is 0 Å². The smallest absolute Gasteiger partial charge is 0.387 e. The third-order valence-electron chi connectivity index (χ3n) is 6.99. The number of rotatable bonds is 4. The molecule has 38 heavy (non-hydrogen) atoms. The number of nitrogens with zero attached hydrogens (tertiary/aromatic N) is 4. The number of aliphatic imine (C=N–C) groups is 2. The fourth-order valence-electron chi connectivity index (χ4n) is 5.37. The van der Waals surface area contributed by atoms with Crippen LogP contribution < -0.4 is 15.8 Å². The monoisotopic (exact) mass is 537 g/mol. The summed E-state index contributed by atoms with van der Waals surface area (Å²) < 4.78 is 61.2. The maximum absolute atomic E-state index is 15.1. The lowest BCUT2D eigenvalue weighted by Gasteiger charge is -2.21. The van der Waals surface area contributed by atoms with Gasteiger partial charge in [0.05, 0.1) is 23.4 Å². The van der Waals surface area contributed by atoms with Crippen molar-refractivity contribution in [3.63, 3.8) is 0 Å². The Morgan fingerprint density at radius 3 is 2.68 bits per heavy atom. The number of alkyl halides is 2. The van der Waals surface area contributed by atoms with E-state index in [1.54, 1.807) is 49.7 Å². The zero-order valence-corrected chi connectivity index (χ0v) is 21.4. The van der Waals surface area contributed by atoms with Gasteiger partial charge in [-0.1, -0.05) is 30.3 Å². The van der Waals surface area contributed by atoms with Crippen molar-refractivity contribution in [2.75, 3.05) is 13.3 Å².